The molecule has 1 N–H and O–H groups in total. The SMILES string of the molecule is CNC1CCN(C(=O)OC(C)(C)C)[C@H](c2ccccc2)C1. The zero-order valence-corrected chi connectivity index (χ0v) is 13.4. The number of carbonyl (C=O) groups excluding carboxylic acids is 1. The van der Waals surface area contributed by atoms with Gasteiger partial charge in [0, 0.05) is 12.6 Å². The van der Waals surface area contributed by atoms with Gasteiger partial charge in [0.1, 0.15) is 5.60 Å². The van der Waals surface area contributed by atoms with Crippen LogP contribution in [0.5, 0.6) is 0 Å². The lowest BCUT2D eigenvalue weighted by Crippen LogP contribution is -2.47. The summed E-state index contributed by atoms with van der Waals surface area (Å²) in [6.45, 7) is 6.44. The fraction of sp³-hybridized carbons (Fsp3) is 0.588. The number of carbonyl (C=O) groups is 1. The second-order valence-corrected chi connectivity index (χ2v) is 6.61. The van der Waals surface area contributed by atoms with Crippen molar-refractivity contribution >= 4 is 6.09 Å². The van der Waals surface area contributed by atoms with Crippen molar-refractivity contribution < 1.29 is 9.53 Å². The quantitative estimate of drug-likeness (QED) is 0.908. The second kappa shape index (κ2) is 6.48. The Bertz CT molecular complexity index is 467. The van der Waals surface area contributed by atoms with Crippen molar-refractivity contribution in [3.63, 3.8) is 0 Å². The molecule has 4 heteroatoms. The molecule has 116 valence electrons. The van der Waals surface area contributed by atoms with E-state index in [1.165, 1.54) is 5.56 Å². The number of piperidine rings is 1. The highest BCUT2D eigenvalue weighted by molar-refractivity contribution is 5.69. The molecular weight excluding hydrogens is 264 g/mol. The maximum absolute atomic E-state index is 12.5. The van der Waals surface area contributed by atoms with Crippen LogP contribution in [0.25, 0.3) is 0 Å². The number of amides is 1. The van der Waals surface area contributed by atoms with E-state index in [-0.39, 0.29) is 12.1 Å². The van der Waals surface area contributed by atoms with E-state index in [9.17, 15) is 4.79 Å². The van der Waals surface area contributed by atoms with Crippen LogP contribution in [0.4, 0.5) is 4.79 Å². The van der Waals surface area contributed by atoms with Crippen LogP contribution >= 0.6 is 0 Å². The highest BCUT2D eigenvalue weighted by Gasteiger charge is 2.34. The van der Waals surface area contributed by atoms with Gasteiger partial charge in [-0.05, 0) is 46.2 Å². The Morgan fingerprint density at radius 3 is 2.52 bits per heavy atom. The zero-order chi connectivity index (χ0) is 15.5. The highest BCUT2D eigenvalue weighted by atomic mass is 16.6. The molecule has 1 amide bonds. The number of nitrogens with one attached hydrogen (secondary N) is 1. The Kier molecular flexibility index (Phi) is 4.88. The van der Waals surface area contributed by atoms with E-state index >= 15 is 0 Å². The molecule has 21 heavy (non-hydrogen) atoms. The van der Waals surface area contributed by atoms with Gasteiger partial charge in [-0.15, -0.1) is 0 Å². The largest absolute Gasteiger partial charge is 0.444 e. The van der Waals surface area contributed by atoms with Crippen molar-refractivity contribution in [3.05, 3.63) is 35.9 Å². The first-order chi connectivity index (χ1) is 9.90. The maximum Gasteiger partial charge on any atom is 0.410 e. The maximum atomic E-state index is 12.5. The lowest BCUT2D eigenvalue weighted by atomic mass is 9.92. The van der Waals surface area contributed by atoms with Crippen molar-refractivity contribution in [1.29, 1.82) is 0 Å². The number of hydrogen-bond donors (Lipinski definition) is 1. The number of rotatable bonds is 2. The Hall–Kier alpha value is -1.55. The van der Waals surface area contributed by atoms with E-state index in [1.807, 2.05) is 50.9 Å². The molecule has 1 aromatic carbocycles. The summed E-state index contributed by atoms with van der Waals surface area (Å²) in [7, 11) is 1.98. The van der Waals surface area contributed by atoms with Gasteiger partial charge in [-0.1, -0.05) is 30.3 Å². The van der Waals surface area contributed by atoms with Gasteiger partial charge in [0.15, 0.2) is 0 Å². The first-order valence-electron chi connectivity index (χ1n) is 7.62. The third kappa shape index (κ3) is 4.21. The highest BCUT2D eigenvalue weighted by Crippen LogP contribution is 2.32. The van der Waals surface area contributed by atoms with Crippen LogP contribution in [0.3, 0.4) is 0 Å². The second-order valence-electron chi connectivity index (χ2n) is 6.61. The lowest BCUT2D eigenvalue weighted by Gasteiger charge is -2.40. The smallest absolute Gasteiger partial charge is 0.410 e. The molecule has 1 aromatic rings. The van der Waals surface area contributed by atoms with Crippen molar-refractivity contribution in [3.8, 4) is 0 Å². The molecule has 1 saturated heterocycles. The predicted octanol–water partition coefficient (Wildman–Crippen LogP) is 3.35. The zero-order valence-electron chi connectivity index (χ0n) is 13.4. The van der Waals surface area contributed by atoms with Crippen LogP contribution in [0.1, 0.15) is 45.2 Å². The van der Waals surface area contributed by atoms with E-state index in [4.69, 9.17) is 4.74 Å². The van der Waals surface area contributed by atoms with Crippen molar-refractivity contribution in [2.45, 2.75) is 51.3 Å². The molecule has 1 unspecified atom stereocenters. The fourth-order valence-electron chi connectivity index (χ4n) is 2.76. The van der Waals surface area contributed by atoms with E-state index in [0.717, 1.165) is 19.4 Å². The van der Waals surface area contributed by atoms with Crippen molar-refractivity contribution in [2.24, 2.45) is 0 Å². The topological polar surface area (TPSA) is 41.6 Å². The minimum atomic E-state index is -0.460. The monoisotopic (exact) mass is 290 g/mol. The summed E-state index contributed by atoms with van der Waals surface area (Å²) in [5.41, 5.74) is 0.710. The Morgan fingerprint density at radius 1 is 1.29 bits per heavy atom. The van der Waals surface area contributed by atoms with Crippen LogP contribution in [0, 0.1) is 0 Å². The lowest BCUT2D eigenvalue weighted by molar-refractivity contribution is 0.00687. The molecule has 0 aliphatic carbocycles. The first-order valence-corrected chi connectivity index (χ1v) is 7.62. The fourth-order valence-corrected chi connectivity index (χ4v) is 2.76. The molecule has 0 bridgehead atoms. The molecule has 2 rings (SSSR count). The van der Waals surface area contributed by atoms with Gasteiger partial charge in [0.25, 0.3) is 0 Å². The molecule has 0 spiro atoms. The van der Waals surface area contributed by atoms with Gasteiger partial charge in [-0.2, -0.15) is 0 Å². The normalized spacial score (nSPS) is 23.0. The van der Waals surface area contributed by atoms with Gasteiger partial charge >= 0.3 is 6.09 Å². The Morgan fingerprint density at radius 2 is 1.95 bits per heavy atom. The standard InChI is InChI=1S/C17H26N2O2/c1-17(2,3)21-16(20)19-11-10-14(18-4)12-15(19)13-8-6-5-7-9-13/h5-9,14-15,18H,10-12H2,1-4H3/t14?,15-/m0/s1. The van der Waals surface area contributed by atoms with E-state index in [1.54, 1.807) is 0 Å². The molecule has 0 aromatic heterocycles. The molecular formula is C17H26N2O2. The molecule has 0 saturated carbocycles. The van der Waals surface area contributed by atoms with E-state index in [0.29, 0.717) is 6.04 Å². The molecule has 4 nitrogen and oxygen atoms in total. The number of ether oxygens (including phenoxy) is 1. The van der Waals surface area contributed by atoms with Crippen molar-refractivity contribution in [1.82, 2.24) is 10.2 Å². The van der Waals surface area contributed by atoms with E-state index < -0.39 is 5.60 Å². The van der Waals surface area contributed by atoms with Gasteiger partial charge in [-0.25, -0.2) is 4.79 Å². The Labute approximate surface area is 127 Å². The van der Waals surface area contributed by atoms with Gasteiger partial charge in [0.2, 0.25) is 0 Å². The van der Waals surface area contributed by atoms with Crippen LogP contribution in [0.2, 0.25) is 0 Å². The molecule has 0 radical (unpaired) electrons. The molecule has 1 fully saturated rings. The van der Waals surface area contributed by atoms with Crippen molar-refractivity contribution in [2.75, 3.05) is 13.6 Å². The summed E-state index contributed by atoms with van der Waals surface area (Å²) >= 11 is 0. The first kappa shape index (κ1) is 15.8. The van der Waals surface area contributed by atoms with E-state index in [2.05, 4.69) is 17.4 Å². The minimum absolute atomic E-state index is 0.0762. The van der Waals surface area contributed by atoms with Gasteiger partial charge < -0.3 is 15.0 Å². The molecule has 1 aliphatic heterocycles. The molecule has 1 aliphatic rings. The third-order valence-corrected chi connectivity index (χ3v) is 3.82. The summed E-state index contributed by atoms with van der Waals surface area (Å²) in [6, 6.07) is 10.7. The average molecular weight is 290 g/mol. The molecule has 2 atom stereocenters. The summed E-state index contributed by atoms with van der Waals surface area (Å²) in [5, 5.41) is 3.33. The minimum Gasteiger partial charge on any atom is -0.444 e. The average Bonchev–Trinajstić information content (AvgIpc) is 2.45. The number of nitrogens with zero attached hydrogens (tertiary/aromatic N) is 1. The van der Waals surface area contributed by atoms with Gasteiger partial charge in [0.05, 0.1) is 6.04 Å². The predicted molar refractivity (Wildman–Crippen MR) is 84.2 cm³/mol. The Balaban J connectivity index is 2.19. The summed E-state index contributed by atoms with van der Waals surface area (Å²) in [5.74, 6) is 0. The molecule has 1 heterocycles. The number of likely N-dealkylation sites (tertiary alicyclic amines) is 1. The van der Waals surface area contributed by atoms with Gasteiger partial charge in [-0.3, -0.25) is 0 Å². The number of benzene rings is 1. The third-order valence-electron chi connectivity index (χ3n) is 3.82. The summed E-state index contributed by atoms with van der Waals surface area (Å²) < 4.78 is 5.56. The van der Waals surface area contributed by atoms with Crippen LogP contribution in [0.15, 0.2) is 30.3 Å². The van der Waals surface area contributed by atoms with Crippen LogP contribution in [-0.4, -0.2) is 36.2 Å². The van der Waals surface area contributed by atoms with Crippen LogP contribution < -0.4 is 5.32 Å². The number of hydrogen-bond acceptors (Lipinski definition) is 3. The van der Waals surface area contributed by atoms with Crippen LogP contribution in [-0.2, 0) is 4.74 Å². The summed E-state index contributed by atoms with van der Waals surface area (Å²) in [4.78, 5) is 14.3. The summed E-state index contributed by atoms with van der Waals surface area (Å²) in [6.07, 6.45) is 1.66.